The van der Waals surface area contributed by atoms with Crippen LogP contribution in [-0.2, 0) is 9.59 Å². The number of aliphatic carboxylic acids is 2. The first-order valence-electron chi connectivity index (χ1n) is 14.1. The summed E-state index contributed by atoms with van der Waals surface area (Å²) in [5.41, 5.74) is -1.33. The fourth-order valence-electron chi connectivity index (χ4n) is 11.8. The number of aliphatic hydroxyl groups excluding tert-OH is 2. The van der Waals surface area contributed by atoms with Crippen molar-refractivity contribution < 1.29 is 30.0 Å². The normalized spacial score (nSPS) is 55.7. The molecule has 5 aliphatic rings. The van der Waals surface area contributed by atoms with Crippen LogP contribution in [0.5, 0.6) is 0 Å². The van der Waals surface area contributed by atoms with Gasteiger partial charge in [-0.1, -0.05) is 39.8 Å². The number of hydrogen-bond donors (Lipinski definition) is 4. The molecule has 0 aromatic rings. The first-order valence-corrected chi connectivity index (χ1v) is 14.1. The third-order valence-electron chi connectivity index (χ3n) is 13.7. The zero-order chi connectivity index (χ0) is 26.6. The highest BCUT2D eigenvalue weighted by Gasteiger charge is 2.76. The lowest BCUT2D eigenvalue weighted by Gasteiger charge is -2.70. The van der Waals surface area contributed by atoms with Crippen LogP contribution in [0, 0.1) is 62.6 Å². The minimum absolute atomic E-state index is 0.0688. The summed E-state index contributed by atoms with van der Waals surface area (Å²) < 4.78 is 0. The van der Waals surface area contributed by atoms with Crippen LogP contribution in [0.2, 0.25) is 0 Å². The maximum atomic E-state index is 12.8. The Bertz CT molecular complexity index is 992. The zero-order valence-corrected chi connectivity index (χ0v) is 22.7. The fraction of sp³-hybridized carbons (Fsp3) is 0.867. The van der Waals surface area contributed by atoms with Gasteiger partial charge in [0.2, 0.25) is 0 Å². The molecule has 4 N–H and O–H groups in total. The van der Waals surface area contributed by atoms with Gasteiger partial charge in [0.15, 0.2) is 0 Å². The van der Waals surface area contributed by atoms with Crippen molar-refractivity contribution >= 4 is 11.9 Å². The molecule has 0 bridgehead atoms. The van der Waals surface area contributed by atoms with Crippen molar-refractivity contribution in [2.24, 2.45) is 62.6 Å². The Morgan fingerprint density at radius 2 is 1.56 bits per heavy atom. The van der Waals surface area contributed by atoms with Gasteiger partial charge in [-0.15, -0.1) is 0 Å². The van der Waals surface area contributed by atoms with Crippen LogP contribution in [0.3, 0.4) is 0 Å². The molecule has 5 aliphatic carbocycles. The van der Waals surface area contributed by atoms with Crippen LogP contribution in [0.4, 0.5) is 0 Å². The second-order valence-electron chi connectivity index (χ2n) is 14.4. The summed E-state index contributed by atoms with van der Waals surface area (Å²) in [6, 6.07) is 0. The van der Waals surface area contributed by atoms with Gasteiger partial charge < -0.3 is 20.4 Å². The summed E-state index contributed by atoms with van der Waals surface area (Å²) in [4.78, 5) is 25.5. The van der Waals surface area contributed by atoms with E-state index in [1.807, 2.05) is 6.92 Å². The minimum Gasteiger partial charge on any atom is -0.481 e. The van der Waals surface area contributed by atoms with Crippen molar-refractivity contribution in [2.75, 3.05) is 6.61 Å². The second-order valence-corrected chi connectivity index (χ2v) is 14.4. The molecule has 5 fully saturated rings. The summed E-state index contributed by atoms with van der Waals surface area (Å²) in [5, 5.41) is 42.6. The van der Waals surface area contributed by atoms with Crippen LogP contribution in [0.25, 0.3) is 0 Å². The van der Waals surface area contributed by atoms with E-state index in [-0.39, 0.29) is 47.0 Å². The number of carboxylic acids is 2. The van der Waals surface area contributed by atoms with Crippen molar-refractivity contribution in [1.82, 2.24) is 0 Å². The lowest BCUT2D eigenvalue weighted by atomic mass is 9.34. The lowest BCUT2D eigenvalue weighted by molar-refractivity contribution is -0.229. The van der Waals surface area contributed by atoms with E-state index in [2.05, 4.69) is 34.3 Å². The first-order chi connectivity index (χ1) is 16.7. The van der Waals surface area contributed by atoms with E-state index in [4.69, 9.17) is 0 Å². The third-order valence-corrected chi connectivity index (χ3v) is 13.7. The zero-order valence-electron chi connectivity index (χ0n) is 22.7. The molecule has 36 heavy (non-hydrogen) atoms. The summed E-state index contributed by atoms with van der Waals surface area (Å²) in [7, 11) is 0. The van der Waals surface area contributed by atoms with Gasteiger partial charge in [-0.3, -0.25) is 9.59 Å². The third kappa shape index (κ3) is 2.76. The van der Waals surface area contributed by atoms with E-state index in [1.165, 1.54) is 0 Å². The maximum Gasteiger partial charge on any atom is 0.309 e. The van der Waals surface area contributed by atoms with Crippen molar-refractivity contribution in [3.05, 3.63) is 12.2 Å². The van der Waals surface area contributed by atoms with Crippen molar-refractivity contribution in [2.45, 2.75) is 92.1 Å². The minimum atomic E-state index is -1.09. The molecule has 12 atom stereocenters. The topological polar surface area (TPSA) is 115 Å². The molecule has 202 valence electrons. The number of rotatable bonds is 4. The molecule has 0 radical (unpaired) electrons. The molecule has 6 heteroatoms. The summed E-state index contributed by atoms with van der Waals surface area (Å²) in [5.74, 6) is -1.96. The average molecular weight is 503 g/mol. The van der Waals surface area contributed by atoms with Crippen molar-refractivity contribution in [3.8, 4) is 0 Å². The monoisotopic (exact) mass is 502 g/mol. The Balaban J connectivity index is 1.62. The van der Waals surface area contributed by atoms with Gasteiger partial charge in [0.05, 0.1) is 24.0 Å². The van der Waals surface area contributed by atoms with Gasteiger partial charge in [-0.05, 0) is 104 Å². The van der Waals surface area contributed by atoms with E-state index in [0.29, 0.717) is 6.42 Å². The summed E-state index contributed by atoms with van der Waals surface area (Å²) in [6.45, 7) is 14.8. The summed E-state index contributed by atoms with van der Waals surface area (Å²) in [6.07, 6.45) is 5.47. The highest BCUT2D eigenvalue weighted by Crippen LogP contribution is 2.79. The van der Waals surface area contributed by atoms with Gasteiger partial charge >= 0.3 is 11.9 Å². The predicted molar refractivity (Wildman–Crippen MR) is 136 cm³/mol. The van der Waals surface area contributed by atoms with E-state index in [1.54, 1.807) is 0 Å². The lowest BCUT2D eigenvalue weighted by Crippen LogP contribution is -2.65. The van der Waals surface area contributed by atoms with Crippen LogP contribution < -0.4 is 0 Å². The van der Waals surface area contributed by atoms with Crippen LogP contribution in [0.15, 0.2) is 12.2 Å². The largest absolute Gasteiger partial charge is 0.481 e. The van der Waals surface area contributed by atoms with Crippen LogP contribution in [0.1, 0.15) is 86.0 Å². The quantitative estimate of drug-likeness (QED) is 0.403. The number of aliphatic hydroxyl groups is 2. The Kier molecular flexibility index (Phi) is 5.69. The van der Waals surface area contributed by atoms with Gasteiger partial charge in [0.1, 0.15) is 0 Å². The van der Waals surface area contributed by atoms with E-state index in [9.17, 15) is 30.0 Å². The molecule has 5 saturated carbocycles. The molecular formula is C30H46O6. The number of allylic oxidation sites excluding steroid dienone is 1. The summed E-state index contributed by atoms with van der Waals surface area (Å²) >= 11 is 0. The number of carboxylic acid groups (broad SMARTS) is 2. The molecule has 0 aliphatic heterocycles. The molecule has 5 rings (SSSR count). The SMILES string of the molecule is C=C(C)[C@@H]1CC[C@]2(C(=O)O)CC[C@]3(C)[C@H](CC[C@@H]4[C@@]5(C)[C@@H](C(=O)O)[C@H](O)[C@](C)(CO)[C@@H]5CC[C@]43C)[C@H]12. The second kappa shape index (κ2) is 7.81. The highest BCUT2D eigenvalue weighted by molar-refractivity contribution is 5.76. The molecule has 0 spiro atoms. The highest BCUT2D eigenvalue weighted by atomic mass is 16.4. The molecule has 0 aromatic carbocycles. The van der Waals surface area contributed by atoms with Gasteiger partial charge in [-0.25, -0.2) is 0 Å². The molecule has 0 aromatic heterocycles. The van der Waals surface area contributed by atoms with E-state index in [0.717, 1.165) is 50.5 Å². The smallest absolute Gasteiger partial charge is 0.309 e. The molecule has 0 saturated heterocycles. The number of carbonyl (C=O) groups is 2. The van der Waals surface area contributed by atoms with Crippen molar-refractivity contribution in [1.29, 1.82) is 0 Å². The van der Waals surface area contributed by atoms with Crippen LogP contribution in [-0.4, -0.2) is 45.1 Å². The van der Waals surface area contributed by atoms with Gasteiger partial charge in [-0.2, -0.15) is 0 Å². The molecule has 6 nitrogen and oxygen atoms in total. The fourth-order valence-corrected chi connectivity index (χ4v) is 11.8. The molecule has 0 amide bonds. The Labute approximate surface area is 215 Å². The van der Waals surface area contributed by atoms with E-state index >= 15 is 0 Å². The van der Waals surface area contributed by atoms with Crippen LogP contribution >= 0.6 is 0 Å². The number of hydrogen-bond acceptors (Lipinski definition) is 4. The standard InChI is InChI=1S/C30H46O6/c1-16(2)17-9-12-30(25(35)36)14-13-27(4)18(21(17)30)7-8-20-28(27,5)11-10-19-26(3,15-31)23(32)22(24(33)34)29(19,20)6/h17-23,31-32H,1,7-15H2,2-6H3,(H,33,34)(H,35,36)/t17-,18+,19-,20-,21-,22+,23-,26+,27+,28+,29-,30-/m0/s1. The Hall–Kier alpha value is -1.40. The van der Waals surface area contributed by atoms with Crippen molar-refractivity contribution in [3.63, 3.8) is 0 Å². The first kappa shape index (κ1) is 26.2. The molecular weight excluding hydrogens is 456 g/mol. The van der Waals surface area contributed by atoms with E-state index < -0.39 is 40.2 Å². The predicted octanol–water partition coefficient (Wildman–Crippen LogP) is 4.98. The van der Waals surface area contributed by atoms with Gasteiger partial charge in [0.25, 0.3) is 0 Å². The molecule has 0 heterocycles. The molecule has 0 unspecified atom stereocenters. The maximum absolute atomic E-state index is 12.8. The Morgan fingerprint density at radius 3 is 2.11 bits per heavy atom. The Morgan fingerprint density at radius 1 is 0.889 bits per heavy atom. The average Bonchev–Trinajstić information content (AvgIpc) is 3.27. The van der Waals surface area contributed by atoms with Gasteiger partial charge in [0, 0.05) is 5.41 Å². The number of fused-ring (bicyclic) bond motifs is 7.